The number of H-pyrrole nitrogens is 1. The SMILES string of the molecule is O=C(NC1CC(NC(=O)c2cncc(-c3cccc([C@](O)(C(=O)OCC4CCN(Cc5ccccc5)CC4)c4ccccc4)c3)n2)C1)c1ccc(CNC[C@H](O)c2ccc(O)c3[nH]c(=O)ccc23)cc1. The van der Waals surface area contributed by atoms with E-state index in [1.165, 1.54) is 30.1 Å². The van der Waals surface area contributed by atoms with Crippen LogP contribution in [-0.2, 0) is 28.2 Å². The lowest BCUT2D eigenvalue weighted by Gasteiger charge is -2.36. The standard InChI is InChI=1S/C55H55N7O8/c63-48-20-18-44(45-19-21-50(65)61-51(45)48)49(64)32-56-29-35-14-16-38(17-15-35)52(66)58-42-27-43(28-42)59-53(67)47-31-57-30-46(60-47)39-10-7-13-41(26-39)55(69,40-11-5-2-6-12-40)54(68)70-34-37-22-24-62(25-23-37)33-36-8-3-1-4-9-36/h1-21,26,30-31,37,42-43,49,56,63-64,69H,22-25,27-29,32-34H2,(H,58,66)(H,59,67)(H,61,65)/t42?,43?,49-,55-/m0/s1. The summed E-state index contributed by atoms with van der Waals surface area (Å²) in [6, 6.07) is 38.7. The Morgan fingerprint density at radius 3 is 2.23 bits per heavy atom. The minimum atomic E-state index is -2.12. The summed E-state index contributed by atoms with van der Waals surface area (Å²) in [5.41, 5.74) is 2.70. The second-order valence-corrected chi connectivity index (χ2v) is 18.2. The van der Waals surface area contributed by atoms with Crippen LogP contribution in [0.4, 0.5) is 0 Å². The lowest BCUT2D eigenvalue weighted by atomic mass is 9.85. The van der Waals surface area contributed by atoms with Gasteiger partial charge in [-0.2, -0.15) is 0 Å². The molecule has 9 rings (SSSR count). The van der Waals surface area contributed by atoms with Crippen molar-refractivity contribution in [3.05, 3.63) is 195 Å². The van der Waals surface area contributed by atoms with E-state index in [2.05, 4.69) is 47.9 Å². The molecular formula is C55H55N7O8. The van der Waals surface area contributed by atoms with Crippen LogP contribution < -0.4 is 21.5 Å². The van der Waals surface area contributed by atoms with Gasteiger partial charge in [-0.25, -0.2) is 9.78 Å². The van der Waals surface area contributed by atoms with E-state index in [0.717, 1.165) is 38.0 Å². The summed E-state index contributed by atoms with van der Waals surface area (Å²) >= 11 is 0. The molecule has 0 unspecified atom stereocenters. The van der Waals surface area contributed by atoms with Crippen LogP contribution in [0.25, 0.3) is 22.2 Å². The van der Waals surface area contributed by atoms with Crippen molar-refractivity contribution in [2.24, 2.45) is 5.92 Å². The topological polar surface area (TPSA) is 219 Å². The molecular weight excluding hydrogens is 887 g/mol. The van der Waals surface area contributed by atoms with Crippen LogP contribution in [0.3, 0.4) is 0 Å². The molecule has 2 fully saturated rings. The number of aromatic nitrogens is 3. The number of aromatic amines is 1. The fourth-order valence-electron chi connectivity index (χ4n) is 9.22. The predicted molar refractivity (Wildman–Crippen MR) is 263 cm³/mol. The molecule has 2 aromatic heterocycles. The van der Waals surface area contributed by atoms with Gasteiger partial charge in [0.15, 0.2) is 0 Å². The fraction of sp³-hybridized carbons (Fsp3) is 0.273. The number of hydrogen-bond acceptors (Lipinski definition) is 12. The van der Waals surface area contributed by atoms with Crippen LogP contribution in [-0.4, -0.2) is 91.3 Å². The molecule has 7 N–H and O–H groups in total. The highest BCUT2D eigenvalue weighted by Gasteiger charge is 2.42. The number of aromatic hydroxyl groups is 1. The Morgan fingerprint density at radius 2 is 1.49 bits per heavy atom. The number of carbonyl (C=O) groups excluding carboxylic acids is 3. The highest BCUT2D eigenvalue weighted by atomic mass is 16.5. The van der Waals surface area contributed by atoms with E-state index in [9.17, 15) is 34.5 Å². The number of hydrogen-bond donors (Lipinski definition) is 7. The number of nitrogens with one attached hydrogen (secondary N) is 4. The van der Waals surface area contributed by atoms with Gasteiger partial charge in [0.1, 0.15) is 11.4 Å². The molecule has 0 radical (unpaired) electrons. The smallest absolute Gasteiger partial charge is 0.347 e. The zero-order valence-electron chi connectivity index (χ0n) is 38.5. The second kappa shape index (κ2) is 21.4. The van der Waals surface area contributed by atoms with Gasteiger partial charge in [0.2, 0.25) is 11.2 Å². The number of aliphatic hydroxyl groups excluding tert-OH is 1. The third kappa shape index (κ3) is 11.0. The van der Waals surface area contributed by atoms with E-state index >= 15 is 0 Å². The van der Waals surface area contributed by atoms with Crippen molar-refractivity contribution in [2.45, 2.75) is 62.6 Å². The summed E-state index contributed by atoms with van der Waals surface area (Å²) in [5, 5.41) is 43.2. The van der Waals surface area contributed by atoms with Crippen molar-refractivity contribution < 1.29 is 34.4 Å². The number of pyridine rings is 1. The largest absolute Gasteiger partial charge is 0.506 e. The zero-order valence-corrected chi connectivity index (χ0v) is 38.5. The Kier molecular flexibility index (Phi) is 14.5. The van der Waals surface area contributed by atoms with Gasteiger partial charge in [-0.3, -0.25) is 24.3 Å². The van der Waals surface area contributed by atoms with E-state index in [1.807, 2.05) is 36.4 Å². The van der Waals surface area contributed by atoms with Crippen molar-refractivity contribution in [2.75, 3.05) is 26.2 Å². The van der Waals surface area contributed by atoms with Crippen molar-refractivity contribution in [1.29, 1.82) is 0 Å². The molecule has 2 amide bonds. The van der Waals surface area contributed by atoms with E-state index in [-0.39, 0.29) is 59.6 Å². The molecule has 0 bridgehead atoms. The number of carbonyl (C=O) groups is 3. The molecule has 2 atom stereocenters. The van der Waals surface area contributed by atoms with Crippen LogP contribution in [0.15, 0.2) is 151 Å². The zero-order chi connectivity index (χ0) is 48.6. The minimum absolute atomic E-state index is 0.0755. The molecule has 1 saturated heterocycles. The number of nitrogens with zero attached hydrogens (tertiary/aromatic N) is 3. The number of piperidine rings is 1. The second-order valence-electron chi connectivity index (χ2n) is 18.2. The highest BCUT2D eigenvalue weighted by molar-refractivity contribution is 5.95. The molecule has 3 heterocycles. The van der Waals surface area contributed by atoms with Gasteiger partial charge < -0.3 is 41.0 Å². The van der Waals surface area contributed by atoms with Crippen molar-refractivity contribution in [3.63, 3.8) is 0 Å². The van der Waals surface area contributed by atoms with Gasteiger partial charge in [0.25, 0.3) is 11.8 Å². The Balaban J connectivity index is 0.754. The summed E-state index contributed by atoms with van der Waals surface area (Å²) in [4.78, 5) is 66.2. The van der Waals surface area contributed by atoms with E-state index < -0.39 is 23.6 Å². The average molecular weight is 942 g/mol. The third-order valence-corrected chi connectivity index (χ3v) is 13.3. The number of ether oxygens (including phenoxy) is 1. The Labute approximate surface area is 404 Å². The van der Waals surface area contributed by atoms with E-state index in [1.54, 1.807) is 72.8 Å². The first-order valence-electron chi connectivity index (χ1n) is 23.6. The van der Waals surface area contributed by atoms with Crippen LogP contribution >= 0.6 is 0 Å². The predicted octanol–water partition coefficient (Wildman–Crippen LogP) is 5.90. The lowest BCUT2D eigenvalue weighted by Crippen LogP contribution is -2.53. The minimum Gasteiger partial charge on any atom is -0.506 e. The summed E-state index contributed by atoms with van der Waals surface area (Å²) in [6.07, 6.45) is 4.82. The maximum atomic E-state index is 14.0. The first kappa shape index (κ1) is 47.5. The van der Waals surface area contributed by atoms with Gasteiger partial charge in [-0.1, -0.05) is 97.1 Å². The number of phenolic OH excluding ortho intramolecular Hbond substituents is 1. The normalized spacial score (nSPS) is 17.5. The monoisotopic (exact) mass is 941 g/mol. The summed E-state index contributed by atoms with van der Waals surface area (Å²) in [5.74, 6) is -1.32. The number of amides is 2. The van der Waals surface area contributed by atoms with Crippen molar-refractivity contribution in [3.8, 4) is 17.0 Å². The number of fused-ring (bicyclic) bond motifs is 1. The quantitative estimate of drug-likeness (QED) is 0.0532. The molecule has 1 aliphatic heterocycles. The maximum absolute atomic E-state index is 14.0. The number of phenols is 1. The summed E-state index contributed by atoms with van der Waals surface area (Å²) in [7, 11) is 0. The van der Waals surface area contributed by atoms with E-state index in [0.29, 0.717) is 58.3 Å². The van der Waals surface area contributed by atoms with Crippen LogP contribution in [0.1, 0.15) is 80.5 Å². The molecule has 1 saturated carbocycles. The first-order valence-corrected chi connectivity index (χ1v) is 23.6. The van der Waals surface area contributed by atoms with Crippen LogP contribution in [0, 0.1) is 5.92 Å². The molecule has 2 aliphatic rings. The summed E-state index contributed by atoms with van der Waals surface area (Å²) in [6.45, 7) is 3.50. The van der Waals surface area contributed by atoms with Gasteiger partial charge in [-0.05, 0) is 97.3 Å². The Bertz CT molecular complexity index is 3010. The number of rotatable bonds is 17. The fourth-order valence-corrected chi connectivity index (χ4v) is 9.22. The van der Waals surface area contributed by atoms with Gasteiger partial charge in [0, 0.05) is 59.9 Å². The number of benzene rings is 5. The average Bonchev–Trinajstić information content (AvgIpc) is 3.38. The molecule has 15 heteroatoms. The van der Waals surface area contributed by atoms with Gasteiger partial charge in [-0.15, -0.1) is 0 Å². The molecule has 358 valence electrons. The lowest BCUT2D eigenvalue weighted by molar-refractivity contribution is -0.164. The van der Waals surface area contributed by atoms with Gasteiger partial charge in [0.05, 0.1) is 36.3 Å². The molecule has 15 nitrogen and oxygen atoms in total. The van der Waals surface area contributed by atoms with Crippen molar-refractivity contribution in [1.82, 2.24) is 35.8 Å². The van der Waals surface area contributed by atoms with E-state index in [4.69, 9.17) is 4.74 Å². The number of likely N-dealkylation sites (tertiary alicyclic amines) is 1. The summed E-state index contributed by atoms with van der Waals surface area (Å²) < 4.78 is 5.92. The number of esters is 1. The van der Waals surface area contributed by atoms with Gasteiger partial charge >= 0.3 is 5.97 Å². The molecule has 1 aliphatic carbocycles. The maximum Gasteiger partial charge on any atom is 0.347 e. The Hall–Kier alpha value is -7.56. The molecule has 7 aromatic rings. The van der Waals surface area contributed by atoms with Crippen LogP contribution in [0.5, 0.6) is 5.75 Å². The number of aliphatic hydroxyl groups is 2. The molecule has 0 spiro atoms. The highest BCUT2D eigenvalue weighted by Crippen LogP contribution is 2.35. The first-order chi connectivity index (χ1) is 34.0. The molecule has 70 heavy (non-hydrogen) atoms. The third-order valence-electron chi connectivity index (χ3n) is 13.3. The van der Waals surface area contributed by atoms with Crippen molar-refractivity contribution >= 4 is 28.7 Å². The van der Waals surface area contributed by atoms with Crippen LogP contribution in [0.2, 0.25) is 0 Å². The Morgan fingerprint density at radius 1 is 0.786 bits per heavy atom. The molecule has 5 aromatic carbocycles.